The van der Waals surface area contributed by atoms with Crippen LogP contribution in [0.4, 0.5) is 5.69 Å². The molecule has 78 valence electrons. The van der Waals surface area contributed by atoms with Crippen molar-refractivity contribution in [2.75, 3.05) is 19.5 Å². The molecule has 0 aliphatic rings. The number of hydrogen-bond acceptors (Lipinski definition) is 4. The molecule has 1 rings (SSSR count). The first kappa shape index (κ1) is 10.8. The maximum Gasteiger partial charge on any atom is 0.215 e. The Morgan fingerprint density at radius 3 is 2.86 bits per heavy atom. The van der Waals surface area contributed by atoms with Gasteiger partial charge in [0.1, 0.15) is 6.10 Å². The van der Waals surface area contributed by atoms with Crippen molar-refractivity contribution in [3.8, 4) is 5.88 Å². The van der Waals surface area contributed by atoms with Crippen LogP contribution in [0, 0.1) is 6.92 Å². The van der Waals surface area contributed by atoms with Gasteiger partial charge in [-0.15, -0.1) is 0 Å². The van der Waals surface area contributed by atoms with Crippen molar-refractivity contribution >= 4 is 5.69 Å². The fourth-order valence-corrected chi connectivity index (χ4v) is 1.06. The van der Waals surface area contributed by atoms with Crippen molar-refractivity contribution < 1.29 is 9.47 Å². The Balaban J connectivity index is 2.63. The van der Waals surface area contributed by atoms with Crippen molar-refractivity contribution in [1.29, 1.82) is 0 Å². The molecule has 1 atom stereocenters. The second-order valence-corrected chi connectivity index (χ2v) is 3.26. The number of nitrogens with zero attached hydrogens (tertiary/aromatic N) is 1. The summed E-state index contributed by atoms with van der Waals surface area (Å²) in [5, 5.41) is 0. The molecule has 0 aromatic carbocycles. The SMILES string of the molecule is COCC(C)Oc1cc(N)c(C)cn1. The summed E-state index contributed by atoms with van der Waals surface area (Å²) in [6.07, 6.45) is 1.68. The lowest BCUT2D eigenvalue weighted by Crippen LogP contribution is -2.18. The lowest BCUT2D eigenvalue weighted by atomic mass is 10.3. The molecule has 0 saturated carbocycles. The summed E-state index contributed by atoms with van der Waals surface area (Å²) in [4.78, 5) is 4.10. The number of pyridine rings is 1. The highest BCUT2D eigenvalue weighted by Crippen LogP contribution is 2.16. The molecule has 4 nitrogen and oxygen atoms in total. The fraction of sp³-hybridized carbons (Fsp3) is 0.500. The lowest BCUT2D eigenvalue weighted by Gasteiger charge is -2.13. The van der Waals surface area contributed by atoms with Crippen LogP contribution in [0.5, 0.6) is 5.88 Å². The topological polar surface area (TPSA) is 57.4 Å². The normalized spacial score (nSPS) is 12.5. The number of anilines is 1. The zero-order valence-corrected chi connectivity index (χ0v) is 8.78. The van der Waals surface area contributed by atoms with E-state index in [1.807, 2.05) is 13.8 Å². The Bertz CT molecular complexity index is 302. The average Bonchev–Trinajstić information content (AvgIpc) is 2.12. The van der Waals surface area contributed by atoms with E-state index in [1.54, 1.807) is 19.4 Å². The number of rotatable bonds is 4. The molecule has 0 aliphatic heterocycles. The summed E-state index contributed by atoms with van der Waals surface area (Å²) >= 11 is 0. The number of aromatic nitrogens is 1. The maximum atomic E-state index is 5.72. The third kappa shape index (κ3) is 2.88. The first-order valence-corrected chi connectivity index (χ1v) is 4.51. The molecule has 0 aliphatic carbocycles. The Morgan fingerprint density at radius 1 is 1.57 bits per heavy atom. The van der Waals surface area contributed by atoms with Gasteiger partial charge in [-0.3, -0.25) is 0 Å². The Morgan fingerprint density at radius 2 is 2.29 bits per heavy atom. The molecule has 0 fully saturated rings. The minimum Gasteiger partial charge on any atom is -0.472 e. The van der Waals surface area contributed by atoms with Crippen LogP contribution in [-0.4, -0.2) is 24.8 Å². The molecule has 4 heteroatoms. The molecule has 1 aromatic heterocycles. The zero-order chi connectivity index (χ0) is 10.6. The van der Waals surface area contributed by atoms with Crippen LogP contribution in [0.15, 0.2) is 12.3 Å². The predicted molar refractivity (Wildman–Crippen MR) is 55.4 cm³/mol. The molecule has 1 unspecified atom stereocenters. The van der Waals surface area contributed by atoms with E-state index in [0.717, 1.165) is 5.56 Å². The largest absolute Gasteiger partial charge is 0.472 e. The number of hydrogen-bond donors (Lipinski definition) is 1. The molecule has 0 bridgehead atoms. The van der Waals surface area contributed by atoms with Gasteiger partial charge < -0.3 is 15.2 Å². The van der Waals surface area contributed by atoms with Crippen molar-refractivity contribution in [1.82, 2.24) is 4.98 Å². The second-order valence-electron chi connectivity index (χ2n) is 3.26. The molecular weight excluding hydrogens is 180 g/mol. The molecule has 1 heterocycles. The highest BCUT2D eigenvalue weighted by molar-refractivity contribution is 5.47. The van der Waals surface area contributed by atoms with Gasteiger partial charge in [0.2, 0.25) is 5.88 Å². The maximum absolute atomic E-state index is 5.72. The molecule has 0 radical (unpaired) electrons. The molecule has 0 spiro atoms. The Kier molecular flexibility index (Phi) is 3.71. The molecular formula is C10H16N2O2. The van der Waals surface area contributed by atoms with Crippen molar-refractivity contribution in [2.45, 2.75) is 20.0 Å². The van der Waals surface area contributed by atoms with E-state index < -0.39 is 0 Å². The van der Waals surface area contributed by atoms with E-state index >= 15 is 0 Å². The summed E-state index contributed by atoms with van der Waals surface area (Å²) in [6, 6.07) is 1.72. The van der Waals surface area contributed by atoms with Gasteiger partial charge in [-0.1, -0.05) is 0 Å². The van der Waals surface area contributed by atoms with Crippen LogP contribution in [0.25, 0.3) is 0 Å². The minimum absolute atomic E-state index is 0.0189. The molecule has 0 saturated heterocycles. The van der Waals surface area contributed by atoms with E-state index in [2.05, 4.69) is 4.98 Å². The molecule has 2 N–H and O–H groups in total. The first-order valence-electron chi connectivity index (χ1n) is 4.51. The van der Waals surface area contributed by atoms with Gasteiger partial charge in [0.15, 0.2) is 0 Å². The summed E-state index contributed by atoms with van der Waals surface area (Å²) < 4.78 is 10.4. The second kappa shape index (κ2) is 4.81. The van der Waals surface area contributed by atoms with Crippen LogP contribution >= 0.6 is 0 Å². The Labute approximate surface area is 84.0 Å². The van der Waals surface area contributed by atoms with E-state index in [9.17, 15) is 0 Å². The highest BCUT2D eigenvalue weighted by Gasteiger charge is 2.05. The van der Waals surface area contributed by atoms with Gasteiger partial charge >= 0.3 is 0 Å². The van der Waals surface area contributed by atoms with Crippen molar-refractivity contribution in [3.05, 3.63) is 17.8 Å². The minimum atomic E-state index is -0.0189. The van der Waals surface area contributed by atoms with Gasteiger partial charge in [0.05, 0.1) is 6.61 Å². The molecule has 1 aromatic rings. The number of ether oxygens (including phenoxy) is 2. The summed E-state index contributed by atoms with van der Waals surface area (Å²) in [7, 11) is 1.64. The summed E-state index contributed by atoms with van der Waals surface area (Å²) in [5.74, 6) is 0.539. The van der Waals surface area contributed by atoms with E-state index in [0.29, 0.717) is 18.2 Å². The van der Waals surface area contributed by atoms with Crippen LogP contribution in [0.2, 0.25) is 0 Å². The lowest BCUT2D eigenvalue weighted by molar-refractivity contribution is 0.0890. The highest BCUT2D eigenvalue weighted by atomic mass is 16.5. The van der Waals surface area contributed by atoms with Crippen LogP contribution in [0.3, 0.4) is 0 Å². The summed E-state index contributed by atoms with van der Waals surface area (Å²) in [6.45, 7) is 4.36. The van der Waals surface area contributed by atoms with Crippen LogP contribution in [-0.2, 0) is 4.74 Å². The first-order chi connectivity index (χ1) is 6.63. The number of methoxy groups -OCH3 is 1. The average molecular weight is 196 g/mol. The quantitative estimate of drug-likeness (QED) is 0.790. The third-order valence-electron chi connectivity index (χ3n) is 1.84. The van der Waals surface area contributed by atoms with Gasteiger partial charge in [-0.2, -0.15) is 0 Å². The van der Waals surface area contributed by atoms with Crippen molar-refractivity contribution in [2.24, 2.45) is 0 Å². The van der Waals surface area contributed by atoms with Gasteiger partial charge in [0.25, 0.3) is 0 Å². The fourth-order valence-electron chi connectivity index (χ4n) is 1.06. The zero-order valence-electron chi connectivity index (χ0n) is 8.78. The summed E-state index contributed by atoms with van der Waals surface area (Å²) in [5.41, 5.74) is 7.37. The number of nitrogen functional groups attached to an aromatic ring is 1. The molecule has 0 amide bonds. The standard InChI is InChI=1S/C10H16N2O2/c1-7-5-12-10(4-9(7)11)14-8(2)6-13-3/h4-5,8H,6H2,1-3H3,(H2,11,12). The van der Waals surface area contributed by atoms with E-state index in [4.69, 9.17) is 15.2 Å². The van der Waals surface area contributed by atoms with Crippen LogP contribution < -0.4 is 10.5 Å². The van der Waals surface area contributed by atoms with Gasteiger partial charge in [-0.25, -0.2) is 4.98 Å². The third-order valence-corrected chi connectivity index (χ3v) is 1.84. The van der Waals surface area contributed by atoms with E-state index in [1.165, 1.54) is 0 Å². The number of nitrogens with two attached hydrogens (primary N) is 1. The smallest absolute Gasteiger partial charge is 0.215 e. The van der Waals surface area contributed by atoms with Crippen LogP contribution in [0.1, 0.15) is 12.5 Å². The number of aryl methyl sites for hydroxylation is 1. The molecule has 14 heavy (non-hydrogen) atoms. The van der Waals surface area contributed by atoms with E-state index in [-0.39, 0.29) is 6.10 Å². The van der Waals surface area contributed by atoms with Gasteiger partial charge in [0, 0.05) is 25.1 Å². The van der Waals surface area contributed by atoms with Gasteiger partial charge in [-0.05, 0) is 19.4 Å². The Hall–Kier alpha value is -1.29. The monoisotopic (exact) mass is 196 g/mol. The van der Waals surface area contributed by atoms with Crippen molar-refractivity contribution in [3.63, 3.8) is 0 Å². The predicted octanol–water partition coefficient (Wildman–Crippen LogP) is 1.39.